The second kappa shape index (κ2) is 6.25. The highest BCUT2D eigenvalue weighted by atomic mass is 32.1. The van der Waals surface area contributed by atoms with E-state index in [1.807, 2.05) is 11.3 Å². The predicted octanol–water partition coefficient (Wildman–Crippen LogP) is 4.17. The summed E-state index contributed by atoms with van der Waals surface area (Å²) in [5.41, 5.74) is 7.54. The summed E-state index contributed by atoms with van der Waals surface area (Å²) in [5, 5.41) is 3.69. The molecule has 1 aromatic carbocycles. The smallest absolute Gasteiger partial charge is 0.0484 e. The molecule has 1 saturated carbocycles. The van der Waals surface area contributed by atoms with Crippen LogP contribution in [0.1, 0.15) is 43.7 Å². The van der Waals surface area contributed by atoms with Crippen molar-refractivity contribution < 1.29 is 0 Å². The third-order valence-electron chi connectivity index (χ3n) is 4.74. The van der Waals surface area contributed by atoms with Crippen LogP contribution < -0.4 is 5.73 Å². The molecule has 1 heterocycles. The highest BCUT2D eigenvalue weighted by Crippen LogP contribution is 2.35. The van der Waals surface area contributed by atoms with E-state index in [4.69, 9.17) is 5.73 Å². The van der Waals surface area contributed by atoms with E-state index in [1.54, 1.807) is 0 Å². The summed E-state index contributed by atoms with van der Waals surface area (Å²) in [7, 11) is 2.26. The first-order chi connectivity index (χ1) is 9.81. The first kappa shape index (κ1) is 14.1. The normalized spacial score (nSPS) is 18.8. The molecule has 20 heavy (non-hydrogen) atoms. The topological polar surface area (TPSA) is 29.3 Å². The first-order valence-corrected chi connectivity index (χ1v) is 8.57. The van der Waals surface area contributed by atoms with Gasteiger partial charge in [0.25, 0.3) is 0 Å². The highest BCUT2D eigenvalue weighted by Gasteiger charge is 2.26. The second-order valence-corrected chi connectivity index (χ2v) is 6.81. The van der Waals surface area contributed by atoms with Gasteiger partial charge in [-0.1, -0.05) is 37.5 Å². The molecule has 0 radical (unpaired) electrons. The van der Waals surface area contributed by atoms with Crippen molar-refractivity contribution in [2.24, 2.45) is 5.73 Å². The van der Waals surface area contributed by atoms with Gasteiger partial charge in [-0.2, -0.15) is 0 Å². The number of rotatable bonds is 4. The molecule has 2 nitrogen and oxygen atoms in total. The minimum atomic E-state index is 0.356. The number of nitrogens with zero attached hydrogens (tertiary/aromatic N) is 1. The highest BCUT2D eigenvalue weighted by molar-refractivity contribution is 7.17. The van der Waals surface area contributed by atoms with E-state index >= 15 is 0 Å². The Morgan fingerprint density at radius 2 is 2.00 bits per heavy atom. The fourth-order valence-corrected chi connectivity index (χ4v) is 4.52. The molecule has 1 aliphatic rings. The average molecular weight is 288 g/mol. The van der Waals surface area contributed by atoms with Crippen LogP contribution in [0.15, 0.2) is 29.6 Å². The maximum absolute atomic E-state index is 6.13. The molecule has 0 bridgehead atoms. The van der Waals surface area contributed by atoms with Gasteiger partial charge in [0.1, 0.15) is 0 Å². The molecule has 1 unspecified atom stereocenters. The lowest BCUT2D eigenvalue weighted by atomic mass is 9.92. The van der Waals surface area contributed by atoms with Crippen LogP contribution in [0.5, 0.6) is 0 Å². The zero-order chi connectivity index (χ0) is 13.9. The lowest BCUT2D eigenvalue weighted by molar-refractivity contribution is 0.141. The number of benzene rings is 1. The number of thiophene rings is 1. The van der Waals surface area contributed by atoms with E-state index < -0.39 is 0 Å². The van der Waals surface area contributed by atoms with Gasteiger partial charge < -0.3 is 5.73 Å². The van der Waals surface area contributed by atoms with Crippen molar-refractivity contribution in [1.82, 2.24) is 4.90 Å². The van der Waals surface area contributed by atoms with Crippen molar-refractivity contribution in [2.45, 2.75) is 44.2 Å². The number of nitrogens with two attached hydrogens (primary N) is 1. The monoisotopic (exact) mass is 288 g/mol. The van der Waals surface area contributed by atoms with Crippen LogP contribution >= 0.6 is 11.3 Å². The van der Waals surface area contributed by atoms with Crippen LogP contribution in [0.25, 0.3) is 10.1 Å². The van der Waals surface area contributed by atoms with Crippen LogP contribution in [0.4, 0.5) is 0 Å². The summed E-state index contributed by atoms with van der Waals surface area (Å²) in [5.74, 6) is 0. The zero-order valence-corrected chi connectivity index (χ0v) is 13.0. The molecule has 3 heteroatoms. The molecule has 2 aromatic rings. The average Bonchev–Trinajstić information content (AvgIpc) is 2.93. The van der Waals surface area contributed by atoms with E-state index in [2.05, 4.69) is 41.6 Å². The molecular weight excluding hydrogens is 264 g/mol. The minimum absolute atomic E-state index is 0.356. The Labute approximate surface area is 125 Å². The molecule has 108 valence electrons. The van der Waals surface area contributed by atoms with Crippen molar-refractivity contribution in [3.05, 3.63) is 35.2 Å². The molecule has 3 rings (SSSR count). The Balaban J connectivity index is 1.88. The van der Waals surface area contributed by atoms with Crippen LogP contribution in [0.2, 0.25) is 0 Å². The maximum atomic E-state index is 6.13. The quantitative estimate of drug-likeness (QED) is 0.915. The standard InChI is InChI=1S/C17H24N2S/c1-19(13-7-3-2-4-8-13)16(11-18)15-12-20-17-10-6-5-9-14(15)17/h5-6,9-10,12-13,16H,2-4,7-8,11,18H2,1H3. The molecule has 1 aliphatic carbocycles. The number of hydrogen-bond acceptors (Lipinski definition) is 3. The number of hydrogen-bond donors (Lipinski definition) is 1. The van der Waals surface area contributed by atoms with Gasteiger partial charge in [-0.3, -0.25) is 4.90 Å². The molecule has 0 amide bonds. The van der Waals surface area contributed by atoms with Crippen molar-refractivity contribution >= 4 is 21.4 Å². The molecule has 1 aromatic heterocycles. The first-order valence-electron chi connectivity index (χ1n) is 7.69. The third-order valence-corrected chi connectivity index (χ3v) is 5.72. The molecule has 2 N–H and O–H groups in total. The second-order valence-electron chi connectivity index (χ2n) is 5.90. The molecular formula is C17H24N2S. The van der Waals surface area contributed by atoms with Crippen LogP contribution in [0.3, 0.4) is 0 Å². The van der Waals surface area contributed by atoms with Gasteiger partial charge in [-0.15, -0.1) is 11.3 Å². The predicted molar refractivity (Wildman–Crippen MR) is 88.3 cm³/mol. The summed E-state index contributed by atoms with van der Waals surface area (Å²) >= 11 is 1.84. The summed E-state index contributed by atoms with van der Waals surface area (Å²) in [4.78, 5) is 2.54. The van der Waals surface area contributed by atoms with E-state index in [-0.39, 0.29) is 0 Å². The molecule has 0 spiro atoms. The number of fused-ring (bicyclic) bond motifs is 1. The number of likely N-dealkylation sites (N-methyl/N-ethyl adjacent to an activating group) is 1. The third kappa shape index (κ3) is 2.62. The van der Waals surface area contributed by atoms with E-state index in [9.17, 15) is 0 Å². The minimum Gasteiger partial charge on any atom is -0.329 e. The molecule has 0 saturated heterocycles. The lowest BCUT2D eigenvalue weighted by Gasteiger charge is -2.36. The molecule has 0 aliphatic heterocycles. The van der Waals surface area contributed by atoms with Crippen LogP contribution in [-0.4, -0.2) is 24.5 Å². The van der Waals surface area contributed by atoms with Crippen molar-refractivity contribution in [2.75, 3.05) is 13.6 Å². The summed E-state index contributed by atoms with van der Waals surface area (Å²) in [6.07, 6.45) is 6.80. The van der Waals surface area contributed by atoms with Gasteiger partial charge in [0, 0.05) is 23.3 Å². The SMILES string of the molecule is CN(C1CCCCC1)C(CN)c1csc2ccccc12. The van der Waals surface area contributed by atoms with Gasteiger partial charge in [-0.05, 0) is 42.3 Å². The van der Waals surface area contributed by atoms with Gasteiger partial charge in [0.2, 0.25) is 0 Å². The van der Waals surface area contributed by atoms with E-state index in [0.29, 0.717) is 18.6 Å². The Bertz CT molecular complexity index is 557. The van der Waals surface area contributed by atoms with Gasteiger partial charge in [-0.25, -0.2) is 0 Å². The van der Waals surface area contributed by atoms with E-state index in [1.165, 1.54) is 47.8 Å². The fourth-order valence-electron chi connectivity index (χ4n) is 3.51. The fraction of sp³-hybridized carbons (Fsp3) is 0.529. The Morgan fingerprint density at radius 3 is 2.75 bits per heavy atom. The largest absolute Gasteiger partial charge is 0.329 e. The van der Waals surface area contributed by atoms with Gasteiger partial charge >= 0.3 is 0 Å². The Hall–Kier alpha value is -0.900. The maximum Gasteiger partial charge on any atom is 0.0484 e. The summed E-state index contributed by atoms with van der Waals surface area (Å²) in [6.45, 7) is 0.702. The van der Waals surface area contributed by atoms with Crippen LogP contribution in [-0.2, 0) is 0 Å². The summed E-state index contributed by atoms with van der Waals surface area (Å²) < 4.78 is 1.37. The van der Waals surface area contributed by atoms with E-state index in [0.717, 1.165) is 0 Å². The van der Waals surface area contributed by atoms with Crippen molar-refractivity contribution in [3.63, 3.8) is 0 Å². The Morgan fingerprint density at radius 1 is 1.25 bits per heavy atom. The molecule has 1 atom stereocenters. The molecule has 1 fully saturated rings. The van der Waals surface area contributed by atoms with Gasteiger partial charge in [0.15, 0.2) is 0 Å². The van der Waals surface area contributed by atoms with Crippen LogP contribution in [0, 0.1) is 0 Å². The van der Waals surface area contributed by atoms with Gasteiger partial charge in [0.05, 0.1) is 0 Å². The van der Waals surface area contributed by atoms with Crippen molar-refractivity contribution in [1.29, 1.82) is 0 Å². The zero-order valence-electron chi connectivity index (χ0n) is 12.2. The van der Waals surface area contributed by atoms with Crippen molar-refractivity contribution in [3.8, 4) is 0 Å². The Kier molecular flexibility index (Phi) is 4.39. The lowest BCUT2D eigenvalue weighted by Crippen LogP contribution is -2.39. The summed E-state index contributed by atoms with van der Waals surface area (Å²) in [6, 6.07) is 9.75.